The van der Waals surface area contributed by atoms with Crippen molar-refractivity contribution in [2.24, 2.45) is 0 Å². The lowest BCUT2D eigenvalue weighted by atomic mass is 10.3. The highest BCUT2D eigenvalue weighted by Gasteiger charge is 2.19. The third-order valence-electron chi connectivity index (χ3n) is 3.47. The number of nitrogens with zero attached hydrogens (tertiary/aromatic N) is 3. The largest absolute Gasteiger partial charge is 0.354 e. The molecule has 0 bridgehead atoms. The molecule has 106 valence electrons. The van der Waals surface area contributed by atoms with Crippen molar-refractivity contribution in [3.05, 3.63) is 44.1 Å². The molecule has 1 fully saturated rings. The van der Waals surface area contributed by atoms with Gasteiger partial charge in [-0.15, -0.1) is 11.3 Å². The molecule has 3 nitrogen and oxygen atoms in total. The van der Waals surface area contributed by atoms with Crippen molar-refractivity contribution in [3.8, 4) is 0 Å². The average Bonchev–Trinajstić information content (AvgIpc) is 2.86. The first kappa shape index (κ1) is 14.3. The maximum absolute atomic E-state index is 5.88. The molecule has 0 saturated carbocycles. The third kappa shape index (κ3) is 3.34. The van der Waals surface area contributed by atoms with Crippen LogP contribution >= 0.6 is 38.9 Å². The van der Waals surface area contributed by atoms with Gasteiger partial charge in [0.25, 0.3) is 0 Å². The van der Waals surface area contributed by atoms with Crippen molar-refractivity contribution in [1.82, 2.24) is 9.88 Å². The zero-order valence-electron chi connectivity index (χ0n) is 10.9. The van der Waals surface area contributed by atoms with Crippen LogP contribution in [0.4, 0.5) is 5.82 Å². The summed E-state index contributed by atoms with van der Waals surface area (Å²) >= 11 is 11.3. The molecule has 20 heavy (non-hydrogen) atoms. The minimum atomic E-state index is 0.690. The molecule has 3 heterocycles. The molecule has 1 aliphatic heterocycles. The molecule has 0 unspecified atom stereocenters. The van der Waals surface area contributed by atoms with Crippen LogP contribution < -0.4 is 4.90 Å². The molecule has 0 atom stereocenters. The molecule has 2 aromatic rings. The van der Waals surface area contributed by atoms with E-state index in [0.717, 1.165) is 38.5 Å². The summed E-state index contributed by atoms with van der Waals surface area (Å²) in [6.45, 7) is 5.18. The van der Waals surface area contributed by atoms with Crippen LogP contribution in [-0.4, -0.2) is 36.1 Å². The fraction of sp³-hybridized carbons (Fsp3) is 0.357. The molecule has 0 aromatic carbocycles. The van der Waals surface area contributed by atoms with E-state index in [1.54, 1.807) is 6.20 Å². The Morgan fingerprint density at radius 2 is 2.00 bits per heavy atom. The standard InChI is InChI=1S/C14H15BrClN3S/c15-12-3-8-20-13(12)10-18-4-6-19(7-5-18)14-2-1-11(16)9-17-14/h1-3,8-9H,4-7,10H2. The molecule has 1 saturated heterocycles. The van der Waals surface area contributed by atoms with Gasteiger partial charge in [-0.25, -0.2) is 4.98 Å². The second kappa shape index (κ2) is 6.43. The highest BCUT2D eigenvalue weighted by atomic mass is 79.9. The molecule has 3 rings (SSSR count). The van der Waals surface area contributed by atoms with Gasteiger partial charge in [-0.3, -0.25) is 4.90 Å². The van der Waals surface area contributed by atoms with Crippen LogP contribution in [0.5, 0.6) is 0 Å². The van der Waals surface area contributed by atoms with Gasteiger partial charge in [0, 0.05) is 48.3 Å². The average molecular weight is 373 g/mol. The summed E-state index contributed by atoms with van der Waals surface area (Å²) < 4.78 is 1.23. The monoisotopic (exact) mass is 371 g/mol. The Bertz CT molecular complexity index is 564. The lowest BCUT2D eigenvalue weighted by Crippen LogP contribution is -2.46. The number of thiophene rings is 1. The van der Waals surface area contributed by atoms with E-state index < -0.39 is 0 Å². The number of hydrogen-bond donors (Lipinski definition) is 0. The molecule has 0 spiro atoms. The van der Waals surface area contributed by atoms with E-state index in [1.807, 2.05) is 23.5 Å². The highest BCUT2D eigenvalue weighted by Crippen LogP contribution is 2.25. The number of piperazine rings is 1. The summed E-state index contributed by atoms with van der Waals surface area (Å²) in [5.74, 6) is 1.02. The van der Waals surface area contributed by atoms with Gasteiger partial charge < -0.3 is 4.90 Å². The molecule has 0 N–H and O–H groups in total. The van der Waals surface area contributed by atoms with Gasteiger partial charge in [0.15, 0.2) is 0 Å². The number of pyridine rings is 1. The van der Waals surface area contributed by atoms with E-state index in [4.69, 9.17) is 11.6 Å². The van der Waals surface area contributed by atoms with E-state index in [9.17, 15) is 0 Å². The van der Waals surface area contributed by atoms with E-state index in [1.165, 1.54) is 9.35 Å². The number of hydrogen-bond acceptors (Lipinski definition) is 4. The van der Waals surface area contributed by atoms with Crippen LogP contribution in [0, 0.1) is 0 Å². The van der Waals surface area contributed by atoms with Crippen molar-refractivity contribution >= 4 is 44.7 Å². The Balaban J connectivity index is 1.57. The lowest BCUT2D eigenvalue weighted by Gasteiger charge is -2.35. The van der Waals surface area contributed by atoms with Gasteiger partial charge in [0.1, 0.15) is 5.82 Å². The number of rotatable bonds is 3. The van der Waals surface area contributed by atoms with E-state index in [-0.39, 0.29) is 0 Å². The molecular formula is C14H15BrClN3S. The van der Waals surface area contributed by atoms with Crippen molar-refractivity contribution < 1.29 is 0 Å². The Labute approximate surface area is 136 Å². The number of anilines is 1. The molecule has 0 amide bonds. The molecule has 2 aromatic heterocycles. The predicted octanol–water partition coefficient (Wildman–Crippen LogP) is 3.88. The molecule has 0 radical (unpaired) electrons. The van der Waals surface area contributed by atoms with Crippen molar-refractivity contribution in [2.75, 3.05) is 31.1 Å². The van der Waals surface area contributed by atoms with Crippen molar-refractivity contribution in [2.45, 2.75) is 6.54 Å². The first-order valence-electron chi connectivity index (χ1n) is 6.53. The van der Waals surface area contributed by atoms with Crippen LogP contribution in [-0.2, 0) is 6.54 Å². The van der Waals surface area contributed by atoms with Gasteiger partial charge >= 0.3 is 0 Å². The summed E-state index contributed by atoms with van der Waals surface area (Å²) in [7, 11) is 0. The van der Waals surface area contributed by atoms with E-state index in [0.29, 0.717) is 5.02 Å². The zero-order chi connectivity index (χ0) is 13.9. The minimum absolute atomic E-state index is 0.690. The number of halogens is 2. The van der Waals surface area contributed by atoms with E-state index in [2.05, 4.69) is 42.2 Å². The summed E-state index contributed by atoms with van der Waals surface area (Å²) in [6.07, 6.45) is 1.71. The summed E-state index contributed by atoms with van der Waals surface area (Å²) in [5, 5.41) is 2.82. The van der Waals surface area contributed by atoms with Gasteiger partial charge in [-0.2, -0.15) is 0 Å². The third-order valence-corrected chi connectivity index (χ3v) is 5.60. The Morgan fingerprint density at radius 1 is 1.20 bits per heavy atom. The Kier molecular flexibility index (Phi) is 4.61. The van der Waals surface area contributed by atoms with Crippen LogP contribution in [0.3, 0.4) is 0 Å². The lowest BCUT2D eigenvalue weighted by molar-refractivity contribution is 0.251. The molecular weight excluding hydrogens is 358 g/mol. The van der Waals surface area contributed by atoms with Gasteiger partial charge in [0.2, 0.25) is 0 Å². The highest BCUT2D eigenvalue weighted by molar-refractivity contribution is 9.10. The first-order chi connectivity index (χ1) is 9.72. The fourth-order valence-electron chi connectivity index (χ4n) is 2.33. The van der Waals surface area contributed by atoms with Gasteiger partial charge in [-0.05, 0) is 39.5 Å². The minimum Gasteiger partial charge on any atom is -0.354 e. The summed E-state index contributed by atoms with van der Waals surface area (Å²) in [5.41, 5.74) is 0. The molecule has 0 aliphatic carbocycles. The first-order valence-corrected chi connectivity index (χ1v) is 8.58. The fourth-order valence-corrected chi connectivity index (χ4v) is 3.96. The van der Waals surface area contributed by atoms with Crippen LogP contribution in [0.2, 0.25) is 5.02 Å². The smallest absolute Gasteiger partial charge is 0.128 e. The Morgan fingerprint density at radius 3 is 2.60 bits per heavy atom. The van der Waals surface area contributed by atoms with Crippen molar-refractivity contribution in [3.63, 3.8) is 0 Å². The van der Waals surface area contributed by atoms with Gasteiger partial charge in [-0.1, -0.05) is 11.6 Å². The van der Waals surface area contributed by atoms with Crippen LogP contribution in [0.25, 0.3) is 0 Å². The SMILES string of the molecule is Clc1ccc(N2CCN(Cc3sccc3Br)CC2)nc1. The van der Waals surface area contributed by atoms with Crippen LogP contribution in [0.1, 0.15) is 4.88 Å². The van der Waals surface area contributed by atoms with Crippen molar-refractivity contribution in [1.29, 1.82) is 0 Å². The second-order valence-corrected chi connectivity index (χ2v) is 7.08. The second-order valence-electron chi connectivity index (χ2n) is 4.79. The maximum Gasteiger partial charge on any atom is 0.128 e. The van der Waals surface area contributed by atoms with Crippen LogP contribution in [0.15, 0.2) is 34.2 Å². The van der Waals surface area contributed by atoms with E-state index >= 15 is 0 Å². The maximum atomic E-state index is 5.88. The molecule has 6 heteroatoms. The molecule has 1 aliphatic rings. The predicted molar refractivity (Wildman–Crippen MR) is 88.8 cm³/mol. The quantitative estimate of drug-likeness (QED) is 0.815. The van der Waals surface area contributed by atoms with Gasteiger partial charge in [0.05, 0.1) is 5.02 Å². The normalized spacial score (nSPS) is 16.6. The Hall–Kier alpha value is -0.620. The topological polar surface area (TPSA) is 19.4 Å². The zero-order valence-corrected chi connectivity index (χ0v) is 14.1. The number of aromatic nitrogens is 1. The summed E-state index contributed by atoms with van der Waals surface area (Å²) in [4.78, 5) is 10.6. The summed E-state index contributed by atoms with van der Waals surface area (Å²) in [6, 6.07) is 6.01.